The zero-order valence-corrected chi connectivity index (χ0v) is 20.0. The largest absolute Gasteiger partial charge is 0.484 e. The normalized spacial score (nSPS) is 28.0. The molecule has 1 saturated carbocycles. The maximum atomic E-state index is 13.2. The number of nitrogens with one attached hydrogen (secondary N) is 2. The van der Waals surface area contributed by atoms with Crippen molar-refractivity contribution in [2.75, 3.05) is 19.7 Å². The first-order valence-corrected chi connectivity index (χ1v) is 11.8. The highest BCUT2D eigenvalue weighted by Gasteiger charge is 2.69. The summed E-state index contributed by atoms with van der Waals surface area (Å²) >= 11 is 11.9. The number of carbonyl (C=O) groups excluding carboxylic acids is 4. The van der Waals surface area contributed by atoms with Crippen LogP contribution in [0, 0.1) is 23.2 Å². The highest BCUT2D eigenvalue weighted by molar-refractivity contribution is 6.42. The van der Waals surface area contributed by atoms with Crippen LogP contribution in [-0.2, 0) is 19.2 Å². The average Bonchev–Trinajstić information content (AvgIpc) is 3.13. The SMILES string of the molecule is CC1(C)C2CN(C(=O)COc3ccc(Cl)c(Cl)c3)[C@@H](C(=O)N[C@H](C=O)C[C@@H]3CCNC3=O)C21. The minimum Gasteiger partial charge on any atom is -0.484 e. The molecule has 8 nitrogen and oxygen atoms in total. The maximum Gasteiger partial charge on any atom is 0.261 e. The molecule has 1 aromatic rings. The summed E-state index contributed by atoms with van der Waals surface area (Å²) in [6, 6.07) is 3.26. The Bertz CT molecular complexity index is 985. The number of aldehydes is 1. The van der Waals surface area contributed by atoms with Gasteiger partial charge in [0.15, 0.2) is 6.61 Å². The minimum atomic E-state index is -0.781. The van der Waals surface area contributed by atoms with Crippen molar-refractivity contribution in [2.24, 2.45) is 23.2 Å². The van der Waals surface area contributed by atoms with Crippen molar-refractivity contribution in [1.29, 1.82) is 0 Å². The molecule has 2 heterocycles. The van der Waals surface area contributed by atoms with Gasteiger partial charge >= 0.3 is 0 Å². The second kappa shape index (κ2) is 9.14. The molecule has 3 aliphatic rings. The average molecular weight is 496 g/mol. The summed E-state index contributed by atoms with van der Waals surface area (Å²) in [6.45, 7) is 4.94. The predicted octanol–water partition coefficient (Wildman–Crippen LogP) is 2.07. The summed E-state index contributed by atoms with van der Waals surface area (Å²) < 4.78 is 5.58. The molecule has 2 N–H and O–H groups in total. The number of carbonyl (C=O) groups is 4. The molecule has 5 atom stereocenters. The fraction of sp³-hybridized carbons (Fsp3) is 0.565. The Hall–Kier alpha value is -2.32. The van der Waals surface area contributed by atoms with E-state index in [0.717, 1.165) is 0 Å². The molecule has 0 aromatic heterocycles. The van der Waals surface area contributed by atoms with Crippen molar-refractivity contribution in [3.63, 3.8) is 0 Å². The van der Waals surface area contributed by atoms with Gasteiger partial charge in [-0.15, -0.1) is 0 Å². The summed E-state index contributed by atoms with van der Waals surface area (Å²) in [4.78, 5) is 51.2. The lowest BCUT2D eigenvalue weighted by molar-refractivity contribution is -0.142. The zero-order valence-electron chi connectivity index (χ0n) is 18.5. The molecule has 0 bridgehead atoms. The number of fused-ring (bicyclic) bond motifs is 1. The number of hydrogen-bond acceptors (Lipinski definition) is 5. The van der Waals surface area contributed by atoms with Gasteiger partial charge in [0.1, 0.15) is 18.1 Å². The number of amides is 3. The monoisotopic (exact) mass is 495 g/mol. The van der Waals surface area contributed by atoms with E-state index in [2.05, 4.69) is 24.5 Å². The second-order valence-electron chi connectivity index (χ2n) is 9.57. The first-order chi connectivity index (χ1) is 15.6. The van der Waals surface area contributed by atoms with Gasteiger partial charge in [0, 0.05) is 25.1 Å². The lowest BCUT2D eigenvalue weighted by atomic mass is 9.97. The van der Waals surface area contributed by atoms with Gasteiger partial charge in [-0.3, -0.25) is 14.4 Å². The molecule has 33 heavy (non-hydrogen) atoms. The molecular formula is C23H27Cl2N3O5. The van der Waals surface area contributed by atoms with Gasteiger partial charge in [-0.2, -0.15) is 0 Å². The van der Waals surface area contributed by atoms with Crippen LogP contribution in [0.4, 0.5) is 0 Å². The molecule has 2 unspecified atom stereocenters. The number of ether oxygens (including phenoxy) is 1. The van der Waals surface area contributed by atoms with Crippen LogP contribution in [0.25, 0.3) is 0 Å². The Balaban J connectivity index is 1.41. The number of hydrogen-bond donors (Lipinski definition) is 2. The Morgan fingerprint density at radius 2 is 2.09 bits per heavy atom. The van der Waals surface area contributed by atoms with Gasteiger partial charge in [-0.1, -0.05) is 37.0 Å². The molecule has 10 heteroatoms. The minimum absolute atomic E-state index is 0.00788. The summed E-state index contributed by atoms with van der Waals surface area (Å²) in [5.41, 5.74) is -0.0641. The third kappa shape index (κ3) is 4.68. The molecule has 2 aliphatic heterocycles. The first-order valence-electron chi connectivity index (χ1n) is 11.0. The molecule has 3 fully saturated rings. The molecule has 4 rings (SSSR count). The third-order valence-corrected chi connectivity index (χ3v) is 7.98. The summed E-state index contributed by atoms with van der Waals surface area (Å²) in [5.74, 6) is -0.470. The van der Waals surface area contributed by atoms with E-state index in [1.807, 2.05) is 0 Å². The van der Waals surface area contributed by atoms with E-state index in [1.165, 1.54) is 11.0 Å². The molecule has 178 valence electrons. The fourth-order valence-electron chi connectivity index (χ4n) is 5.23. The quantitative estimate of drug-likeness (QED) is 0.537. The third-order valence-electron chi connectivity index (χ3n) is 7.24. The number of benzene rings is 1. The Morgan fingerprint density at radius 3 is 2.73 bits per heavy atom. The fourth-order valence-corrected chi connectivity index (χ4v) is 5.52. The Labute approximate surface area is 202 Å². The van der Waals surface area contributed by atoms with Gasteiger partial charge < -0.3 is 25.1 Å². The van der Waals surface area contributed by atoms with Crippen molar-refractivity contribution in [3.05, 3.63) is 28.2 Å². The van der Waals surface area contributed by atoms with Crippen LogP contribution in [0.1, 0.15) is 26.7 Å². The highest BCUT2D eigenvalue weighted by atomic mass is 35.5. The number of piperidine rings is 1. The zero-order chi connectivity index (χ0) is 23.9. The van der Waals surface area contributed by atoms with Crippen LogP contribution in [0.15, 0.2) is 18.2 Å². The van der Waals surface area contributed by atoms with Gasteiger partial charge in [0.25, 0.3) is 5.91 Å². The molecule has 0 spiro atoms. The molecule has 3 amide bonds. The Morgan fingerprint density at radius 1 is 1.33 bits per heavy atom. The van der Waals surface area contributed by atoms with Crippen molar-refractivity contribution < 1.29 is 23.9 Å². The van der Waals surface area contributed by atoms with E-state index in [1.54, 1.807) is 12.1 Å². The van der Waals surface area contributed by atoms with E-state index in [4.69, 9.17) is 27.9 Å². The molecular weight excluding hydrogens is 469 g/mol. The first kappa shape index (κ1) is 23.8. The number of halogens is 2. The van der Waals surface area contributed by atoms with Crippen molar-refractivity contribution in [3.8, 4) is 5.75 Å². The lowest BCUT2D eigenvalue weighted by Crippen LogP contribution is -2.53. The number of rotatable bonds is 8. The number of nitrogens with zero attached hydrogens (tertiary/aromatic N) is 1. The van der Waals surface area contributed by atoms with Gasteiger partial charge in [0.05, 0.1) is 16.1 Å². The lowest BCUT2D eigenvalue weighted by Gasteiger charge is -2.31. The molecule has 0 radical (unpaired) electrons. The second-order valence-corrected chi connectivity index (χ2v) is 10.4. The van der Waals surface area contributed by atoms with Crippen LogP contribution in [-0.4, -0.2) is 60.7 Å². The van der Waals surface area contributed by atoms with Crippen LogP contribution in [0.3, 0.4) is 0 Å². The van der Waals surface area contributed by atoms with E-state index in [-0.39, 0.29) is 53.9 Å². The van der Waals surface area contributed by atoms with E-state index in [9.17, 15) is 19.2 Å². The van der Waals surface area contributed by atoms with Crippen LogP contribution in [0.5, 0.6) is 5.75 Å². The molecule has 1 aromatic carbocycles. The van der Waals surface area contributed by atoms with Gasteiger partial charge in [-0.05, 0) is 42.2 Å². The van der Waals surface area contributed by atoms with Crippen LogP contribution >= 0.6 is 23.2 Å². The summed E-state index contributed by atoms with van der Waals surface area (Å²) in [6.07, 6.45) is 1.55. The highest BCUT2D eigenvalue weighted by Crippen LogP contribution is 2.64. The number of likely N-dealkylation sites (tertiary alicyclic amines) is 1. The van der Waals surface area contributed by atoms with Gasteiger partial charge in [0.2, 0.25) is 11.8 Å². The van der Waals surface area contributed by atoms with Gasteiger partial charge in [-0.25, -0.2) is 0 Å². The predicted molar refractivity (Wildman–Crippen MR) is 122 cm³/mol. The van der Waals surface area contributed by atoms with Crippen molar-refractivity contribution >= 4 is 47.2 Å². The standard InChI is InChI=1S/C23H27Cl2N3O5/c1-23(2)15-9-28(18(30)11-33-14-3-4-16(24)17(25)8-14)20(19(15)23)22(32)27-13(10-29)7-12-5-6-26-21(12)31/h3-4,8,10,12-13,15,19-20H,5-7,9,11H2,1-2H3,(H,26,31)(H,27,32)/t12-,13-,15?,19?,20+/m0/s1. The maximum absolute atomic E-state index is 13.2. The topological polar surface area (TPSA) is 105 Å². The van der Waals surface area contributed by atoms with Crippen molar-refractivity contribution in [1.82, 2.24) is 15.5 Å². The molecule has 1 aliphatic carbocycles. The van der Waals surface area contributed by atoms with Crippen LogP contribution in [0.2, 0.25) is 10.0 Å². The summed E-state index contributed by atoms with van der Waals surface area (Å²) in [5, 5.41) is 6.21. The molecule has 2 saturated heterocycles. The smallest absolute Gasteiger partial charge is 0.261 e. The van der Waals surface area contributed by atoms with Crippen molar-refractivity contribution in [2.45, 2.75) is 38.8 Å². The van der Waals surface area contributed by atoms with Crippen LogP contribution < -0.4 is 15.4 Å². The van der Waals surface area contributed by atoms with E-state index >= 15 is 0 Å². The summed E-state index contributed by atoms with van der Waals surface area (Å²) in [7, 11) is 0. The Kier molecular flexibility index (Phi) is 6.60. The van der Waals surface area contributed by atoms with E-state index < -0.39 is 12.1 Å². The van der Waals surface area contributed by atoms with E-state index in [0.29, 0.717) is 41.6 Å².